The van der Waals surface area contributed by atoms with E-state index in [0.29, 0.717) is 21.5 Å². The maximum atomic E-state index is 10.2. The number of nitrogen functional groups attached to an aromatic ring is 1. The number of phenolic OH excluding ortho intramolecular Hbond substituents is 3. The molecule has 18 heavy (non-hydrogen) atoms. The first-order chi connectivity index (χ1) is 8.59. The normalized spacial score (nSPS) is 11.1. The molecule has 0 saturated carbocycles. The molecular weight excluding hydrogens is 230 g/mol. The van der Waals surface area contributed by atoms with Crippen molar-refractivity contribution in [2.45, 2.75) is 0 Å². The number of hydrogen-bond donors (Lipinski definition) is 4. The zero-order valence-electron chi connectivity index (χ0n) is 9.38. The minimum absolute atomic E-state index is 0.0219. The van der Waals surface area contributed by atoms with Crippen LogP contribution in [0.1, 0.15) is 0 Å². The molecule has 0 aliphatic carbocycles. The zero-order valence-corrected chi connectivity index (χ0v) is 9.38. The van der Waals surface area contributed by atoms with Crippen LogP contribution in [0.15, 0.2) is 36.4 Å². The summed E-state index contributed by atoms with van der Waals surface area (Å²) in [6.45, 7) is 0. The van der Waals surface area contributed by atoms with Crippen molar-refractivity contribution in [3.05, 3.63) is 36.4 Å². The number of phenols is 3. The van der Waals surface area contributed by atoms with E-state index in [0.717, 1.165) is 0 Å². The first-order valence-electron chi connectivity index (χ1n) is 5.44. The third kappa shape index (κ3) is 1.26. The number of anilines is 1. The second kappa shape index (κ2) is 3.43. The second-order valence-electron chi connectivity index (χ2n) is 4.20. The van der Waals surface area contributed by atoms with E-state index < -0.39 is 0 Å². The van der Waals surface area contributed by atoms with Gasteiger partial charge in [-0.1, -0.05) is 24.3 Å². The van der Waals surface area contributed by atoms with E-state index in [1.165, 1.54) is 12.1 Å². The van der Waals surface area contributed by atoms with E-state index in [4.69, 9.17) is 5.73 Å². The highest BCUT2D eigenvalue weighted by Crippen LogP contribution is 2.43. The average Bonchev–Trinajstić information content (AvgIpc) is 2.38. The van der Waals surface area contributed by atoms with Crippen molar-refractivity contribution < 1.29 is 15.3 Å². The third-order valence-electron chi connectivity index (χ3n) is 3.11. The zero-order chi connectivity index (χ0) is 12.9. The van der Waals surface area contributed by atoms with Gasteiger partial charge in [-0.15, -0.1) is 0 Å². The molecule has 5 N–H and O–H groups in total. The average molecular weight is 241 g/mol. The van der Waals surface area contributed by atoms with Gasteiger partial charge in [-0.3, -0.25) is 0 Å². The van der Waals surface area contributed by atoms with Gasteiger partial charge in [0.2, 0.25) is 0 Å². The Hall–Kier alpha value is -2.62. The summed E-state index contributed by atoms with van der Waals surface area (Å²) in [5, 5.41) is 31.8. The highest BCUT2D eigenvalue weighted by atomic mass is 16.3. The summed E-state index contributed by atoms with van der Waals surface area (Å²) in [4.78, 5) is 0. The van der Waals surface area contributed by atoms with Gasteiger partial charge in [0.15, 0.2) is 0 Å². The molecule has 3 rings (SSSR count). The smallest absolute Gasteiger partial charge is 0.139 e. The first kappa shape index (κ1) is 10.5. The molecule has 0 saturated heterocycles. The maximum absolute atomic E-state index is 10.2. The van der Waals surface area contributed by atoms with Crippen LogP contribution in [-0.4, -0.2) is 15.3 Å². The van der Waals surface area contributed by atoms with E-state index in [2.05, 4.69) is 0 Å². The Morgan fingerprint density at radius 1 is 0.722 bits per heavy atom. The molecule has 4 nitrogen and oxygen atoms in total. The molecule has 0 fully saturated rings. The lowest BCUT2D eigenvalue weighted by atomic mass is 10.00. The van der Waals surface area contributed by atoms with E-state index in [1.807, 2.05) is 0 Å². The molecule has 3 aromatic carbocycles. The van der Waals surface area contributed by atoms with Crippen molar-refractivity contribution in [3.8, 4) is 17.2 Å². The van der Waals surface area contributed by atoms with E-state index in [1.54, 1.807) is 24.3 Å². The van der Waals surface area contributed by atoms with Crippen molar-refractivity contribution in [2.75, 3.05) is 5.73 Å². The lowest BCUT2D eigenvalue weighted by molar-refractivity contribution is 0.472. The minimum Gasteiger partial charge on any atom is -0.507 e. The third-order valence-corrected chi connectivity index (χ3v) is 3.11. The molecule has 0 aliphatic rings. The molecule has 3 aromatic rings. The van der Waals surface area contributed by atoms with Gasteiger partial charge in [0, 0.05) is 21.5 Å². The largest absolute Gasteiger partial charge is 0.507 e. The van der Waals surface area contributed by atoms with Crippen molar-refractivity contribution in [1.82, 2.24) is 0 Å². The molecule has 0 unspecified atom stereocenters. The Kier molecular flexibility index (Phi) is 2.01. The van der Waals surface area contributed by atoms with Crippen LogP contribution in [0.25, 0.3) is 21.5 Å². The maximum Gasteiger partial charge on any atom is 0.139 e. The van der Waals surface area contributed by atoms with Crippen molar-refractivity contribution >= 4 is 27.2 Å². The molecule has 90 valence electrons. The van der Waals surface area contributed by atoms with Gasteiger partial charge in [0.05, 0.1) is 5.69 Å². The van der Waals surface area contributed by atoms with Gasteiger partial charge in [0.25, 0.3) is 0 Å². The minimum atomic E-state index is -0.118. The summed E-state index contributed by atoms with van der Waals surface area (Å²) in [6.07, 6.45) is 0. The standard InChI is InChI=1S/C14H11NO3/c15-11-5-9-10(6-12(11)16)14(18)8-4-2-1-3-7(8)13(9)17/h1-6,16-18H,15H2. The van der Waals surface area contributed by atoms with Crippen molar-refractivity contribution in [1.29, 1.82) is 0 Å². The van der Waals surface area contributed by atoms with Gasteiger partial charge < -0.3 is 21.1 Å². The summed E-state index contributed by atoms with van der Waals surface area (Å²) >= 11 is 0. The highest BCUT2D eigenvalue weighted by Gasteiger charge is 2.14. The number of aromatic hydroxyl groups is 3. The Morgan fingerprint density at radius 2 is 1.22 bits per heavy atom. The number of fused-ring (bicyclic) bond motifs is 2. The molecular formula is C14H11NO3. The van der Waals surface area contributed by atoms with Crippen LogP contribution in [-0.2, 0) is 0 Å². The first-order valence-corrected chi connectivity index (χ1v) is 5.44. The topological polar surface area (TPSA) is 86.7 Å². The SMILES string of the molecule is Nc1cc2c(O)c3ccccc3c(O)c2cc1O. The lowest BCUT2D eigenvalue weighted by Gasteiger charge is -2.10. The summed E-state index contributed by atoms with van der Waals surface area (Å²) in [7, 11) is 0. The number of rotatable bonds is 0. The van der Waals surface area contributed by atoms with E-state index >= 15 is 0 Å². The summed E-state index contributed by atoms with van der Waals surface area (Å²) < 4.78 is 0. The van der Waals surface area contributed by atoms with Gasteiger partial charge in [-0.05, 0) is 12.1 Å². The predicted octanol–water partition coefficient (Wildman–Crippen LogP) is 2.69. The quantitative estimate of drug-likeness (QED) is 0.211. The highest BCUT2D eigenvalue weighted by molar-refractivity contribution is 6.11. The molecule has 0 amide bonds. The van der Waals surface area contributed by atoms with Gasteiger partial charge >= 0.3 is 0 Å². The van der Waals surface area contributed by atoms with Crippen LogP contribution < -0.4 is 5.73 Å². The van der Waals surface area contributed by atoms with Gasteiger partial charge in [-0.25, -0.2) is 0 Å². The lowest BCUT2D eigenvalue weighted by Crippen LogP contribution is -1.87. The fourth-order valence-corrected chi connectivity index (χ4v) is 2.18. The molecule has 0 spiro atoms. The van der Waals surface area contributed by atoms with Crippen LogP contribution in [0.5, 0.6) is 17.2 Å². The Morgan fingerprint density at radius 3 is 1.78 bits per heavy atom. The van der Waals surface area contributed by atoms with E-state index in [-0.39, 0.29) is 22.9 Å². The fourth-order valence-electron chi connectivity index (χ4n) is 2.18. The van der Waals surface area contributed by atoms with Crippen LogP contribution in [0, 0.1) is 0 Å². The predicted molar refractivity (Wildman–Crippen MR) is 70.9 cm³/mol. The Labute approximate surface area is 103 Å². The molecule has 0 atom stereocenters. The summed E-state index contributed by atoms with van der Waals surface area (Å²) in [5.74, 6) is -0.0497. The molecule has 0 aromatic heterocycles. The van der Waals surface area contributed by atoms with Gasteiger partial charge in [-0.2, -0.15) is 0 Å². The molecule has 4 heteroatoms. The van der Waals surface area contributed by atoms with E-state index in [9.17, 15) is 15.3 Å². The van der Waals surface area contributed by atoms with Crippen molar-refractivity contribution in [2.24, 2.45) is 0 Å². The molecule has 0 heterocycles. The number of benzene rings is 3. The van der Waals surface area contributed by atoms with Crippen LogP contribution in [0.4, 0.5) is 5.69 Å². The Bertz CT molecular complexity index is 715. The number of nitrogens with two attached hydrogens (primary N) is 1. The van der Waals surface area contributed by atoms with Crippen LogP contribution in [0.3, 0.4) is 0 Å². The van der Waals surface area contributed by atoms with Gasteiger partial charge in [0.1, 0.15) is 17.2 Å². The van der Waals surface area contributed by atoms with Crippen LogP contribution >= 0.6 is 0 Å². The molecule has 0 radical (unpaired) electrons. The summed E-state index contributed by atoms with van der Waals surface area (Å²) in [6, 6.07) is 9.77. The van der Waals surface area contributed by atoms with Crippen molar-refractivity contribution in [3.63, 3.8) is 0 Å². The summed E-state index contributed by atoms with van der Waals surface area (Å²) in [5.41, 5.74) is 5.77. The fraction of sp³-hybridized carbons (Fsp3) is 0. The number of hydrogen-bond acceptors (Lipinski definition) is 4. The Balaban J connectivity index is 2.62. The van der Waals surface area contributed by atoms with Crippen LogP contribution in [0.2, 0.25) is 0 Å². The second-order valence-corrected chi connectivity index (χ2v) is 4.20. The molecule has 0 bridgehead atoms. The molecule has 0 aliphatic heterocycles. The monoisotopic (exact) mass is 241 g/mol.